The predicted octanol–water partition coefficient (Wildman–Crippen LogP) is 12.1. The average molecular weight is 1130 g/mol. The van der Waals surface area contributed by atoms with Gasteiger partial charge >= 0.3 is 198 Å². The van der Waals surface area contributed by atoms with E-state index in [4.69, 9.17) is 0 Å². The number of hydrogen-bond donors (Lipinski definition) is 0. The third-order valence-corrected chi connectivity index (χ3v) is 16.1. The van der Waals surface area contributed by atoms with Gasteiger partial charge in [-0.15, -0.1) is 67.4 Å². The molecule has 0 spiro atoms. The van der Waals surface area contributed by atoms with Gasteiger partial charge in [0.15, 0.2) is 0 Å². The Bertz CT molecular complexity index is 3200. The molecule has 0 nitrogen and oxygen atoms in total. The van der Waals surface area contributed by atoms with E-state index < -0.39 is 0 Å². The van der Waals surface area contributed by atoms with Crippen molar-refractivity contribution < 1.29 is 73.3 Å². The third kappa shape index (κ3) is 13.2. The Kier molecular flexibility index (Phi) is 20.4. The van der Waals surface area contributed by atoms with Crippen LogP contribution in [-0.2, 0) is 48.5 Å². The second-order valence-corrected chi connectivity index (χ2v) is 20.5. The zero-order valence-electron chi connectivity index (χ0n) is 41.1. The number of hydrogen-bond acceptors (Lipinski definition) is 0. The van der Waals surface area contributed by atoms with Gasteiger partial charge in [0.25, 0.3) is 0 Å². The van der Waals surface area contributed by atoms with Crippen LogP contribution in [0.25, 0.3) is 54.2 Å². The first-order chi connectivity index (χ1) is 34.5. The van der Waals surface area contributed by atoms with E-state index in [1.165, 1.54) is 179 Å². The first kappa shape index (κ1) is 54.3. The number of allylic oxidation sites excluding steroid dienone is 8. The molecule has 0 aromatic heterocycles. The van der Waals surface area contributed by atoms with Gasteiger partial charge in [-0.2, -0.15) is 0 Å². The van der Waals surface area contributed by atoms with Crippen molar-refractivity contribution in [3.63, 3.8) is 0 Å². The van der Waals surface area contributed by atoms with Gasteiger partial charge in [0.05, 0.1) is 0 Å². The Hall–Kier alpha value is -5.45. The normalized spacial score (nSPS) is 12.3. The quantitative estimate of drug-likeness (QED) is 0.120. The van der Waals surface area contributed by atoms with Crippen molar-refractivity contribution in [1.29, 1.82) is 0 Å². The molecular formula is C68H58Cl2Zr2-4. The van der Waals surface area contributed by atoms with E-state index in [2.05, 4.69) is 257 Å². The van der Waals surface area contributed by atoms with E-state index in [1.54, 1.807) is 0 Å². The summed E-state index contributed by atoms with van der Waals surface area (Å²) in [5.74, 6) is 0. The van der Waals surface area contributed by atoms with Crippen molar-refractivity contribution in [2.75, 3.05) is 0 Å². The summed E-state index contributed by atoms with van der Waals surface area (Å²) in [7, 11) is 0. The fraction of sp³-hybridized carbons (Fsp3) is 0.118. The van der Waals surface area contributed by atoms with Gasteiger partial charge in [0, 0.05) is 0 Å². The summed E-state index contributed by atoms with van der Waals surface area (Å²) < 4.78 is 2.83. The monoisotopic (exact) mass is 1120 g/mol. The van der Waals surface area contributed by atoms with Gasteiger partial charge in [-0.05, 0) is 25.7 Å². The second kappa shape index (κ2) is 27.0. The SMILES string of the molecule is CCCC1=CCC(c2cccc3c2[cH-]c2ccccc23)=C1.CCCC1=CCC(c2cccc3c2[cH-]c2ccccc23)=C1.[Cl-].[Cl-].[Zr]=[C](c1ccccc1)c1ccccc1.[Zr]=[C](c1ccccc1)c1ccccc1. The molecule has 0 radical (unpaired) electrons. The first-order valence-electron chi connectivity index (χ1n) is 24.8. The van der Waals surface area contributed by atoms with E-state index in [0.29, 0.717) is 0 Å². The van der Waals surface area contributed by atoms with Gasteiger partial charge < -0.3 is 24.8 Å². The Labute approximate surface area is 469 Å². The number of rotatable bonds is 10. The standard InChI is InChI=1S/2C21H19.2C13H10.2ClH.2Zr/c2*1-2-6-15-11-12-17(13-15)19-9-5-10-20-18-8-4-3-7-16(18)14-21(19)20;2*1-3-7-12(8-4-1)11-13-9-5-2-6-10-13;;;;/h2*3-5,7-11,13-14H,2,6,12H2,1H3;2*1-10H;2*1H;;/q2*-1;;;;;;/p-2. The summed E-state index contributed by atoms with van der Waals surface area (Å²) in [5.41, 5.74) is 14.1. The van der Waals surface area contributed by atoms with Crippen molar-refractivity contribution in [3.8, 4) is 0 Å². The molecule has 0 amide bonds. The summed E-state index contributed by atoms with van der Waals surface area (Å²) >= 11 is 2.92. The molecule has 10 aromatic rings. The maximum atomic E-state index is 2.40. The predicted molar refractivity (Wildman–Crippen MR) is 297 cm³/mol. The molecule has 0 fully saturated rings. The zero-order valence-corrected chi connectivity index (χ0v) is 47.5. The number of halogens is 2. The number of fused-ring (bicyclic) bond motifs is 6. The molecule has 0 bridgehead atoms. The Balaban J connectivity index is 0.000000142. The van der Waals surface area contributed by atoms with Crippen molar-refractivity contribution in [3.05, 3.63) is 287 Å². The molecule has 10 aromatic carbocycles. The Morgan fingerprint density at radius 3 is 1.01 bits per heavy atom. The van der Waals surface area contributed by atoms with E-state index >= 15 is 0 Å². The van der Waals surface area contributed by atoms with Crippen LogP contribution >= 0.6 is 0 Å². The van der Waals surface area contributed by atoms with Crippen molar-refractivity contribution in [2.24, 2.45) is 0 Å². The van der Waals surface area contributed by atoms with Crippen LogP contribution in [0.1, 0.15) is 85.8 Å². The van der Waals surface area contributed by atoms with E-state index in [1.807, 2.05) is 0 Å². The van der Waals surface area contributed by atoms with Crippen LogP contribution < -0.4 is 24.8 Å². The van der Waals surface area contributed by atoms with Crippen LogP contribution in [0.2, 0.25) is 0 Å². The fourth-order valence-electron chi connectivity index (χ4n) is 9.74. The van der Waals surface area contributed by atoms with Crippen LogP contribution in [0.4, 0.5) is 0 Å². The van der Waals surface area contributed by atoms with Crippen molar-refractivity contribution in [2.45, 2.75) is 52.4 Å². The Morgan fingerprint density at radius 1 is 0.375 bits per heavy atom. The third-order valence-electron chi connectivity index (χ3n) is 13.2. The minimum atomic E-state index is 0. The topological polar surface area (TPSA) is 0 Å². The summed E-state index contributed by atoms with van der Waals surface area (Å²) in [6, 6.07) is 77.7. The molecule has 2 aliphatic carbocycles. The molecule has 0 N–H and O–H groups in total. The van der Waals surface area contributed by atoms with Gasteiger partial charge in [0.1, 0.15) is 0 Å². The molecule has 0 heterocycles. The van der Waals surface area contributed by atoms with Gasteiger partial charge in [-0.1, -0.05) is 157 Å². The molecule has 0 unspecified atom stereocenters. The maximum absolute atomic E-state index is 2.40. The van der Waals surface area contributed by atoms with Crippen LogP contribution in [0.5, 0.6) is 0 Å². The molecule has 72 heavy (non-hydrogen) atoms. The molecule has 12 rings (SSSR count). The number of benzene rings is 8. The molecular weight excluding hydrogens is 1070 g/mol. The summed E-state index contributed by atoms with van der Waals surface area (Å²) in [6.45, 7) is 4.49. The van der Waals surface area contributed by atoms with Crippen LogP contribution in [0.15, 0.2) is 254 Å². The summed E-state index contributed by atoms with van der Waals surface area (Å²) in [6.07, 6.45) is 16.6. The fourth-order valence-corrected chi connectivity index (χ4v) is 11.4. The van der Waals surface area contributed by atoms with Gasteiger partial charge in [0.2, 0.25) is 0 Å². The Morgan fingerprint density at radius 2 is 0.681 bits per heavy atom. The first-order valence-corrected chi connectivity index (χ1v) is 27.3. The van der Waals surface area contributed by atoms with E-state index in [0.717, 1.165) is 12.8 Å². The van der Waals surface area contributed by atoms with Crippen molar-refractivity contribution >= 4 is 60.6 Å². The van der Waals surface area contributed by atoms with Crippen molar-refractivity contribution in [1.82, 2.24) is 0 Å². The molecule has 4 heteroatoms. The molecule has 0 saturated heterocycles. The second-order valence-electron chi connectivity index (χ2n) is 18.0. The molecule has 0 saturated carbocycles. The molecule has 0 atom stereocenters. The zero-order chi connectivity index (χ0) is 48.1. The minimum absolute atomic E-state index is 0. The van der Waals surface area contributed by atoms with E-state index in [-0.39, 0.29) is 24.8 Å². The molecule has 356 valence electrons. The summed E-state index contributed by atoms with van der Waals surface area (Å²) in [4.78, 5) is 0. The molecule has 0 aliphatic heterocycles. The molecule has 2 aliphatic rings. The summed E-state index contributed by atoms with van der Waals surface area (Å²) in [5, 5.41) is 11.0. The van der Waals surface area contributed by atoms with Crippen LogP contribution in [0, 0.1) is 0 Å². The average Bonchev–Trinajstić information content (AvgIpc) is 4.26. The van der Waals surface area contributed by atoms with Crippen LogP contribution in [-0.4, -0.2) is 6.41 Å². The van der Waals surface area contributed by atoms with Crippen LogP contribution in [0.3, 0.4) is 0 Å². The van der Waals surface area contributed by atoms with Gasteiger partial charge in [-0.3, -0.25) is 0 Å². The van der Waals surface area contributed by atoms with E-state index in [9.17, 15) is 0 Å². The van der Waals surface area contributed by atoms with Gasteiger partial charge in [-0.25, -0.2) is 0 Å².